The Morgan fingerprint density at radius 2 is 1.77 bits per heavy atom. The van der Waals surface area contributed by atoms with Crippen molar-refractivity contribution in [3.8, 4) is 0 Å². The van der Waals surface area contributed by atoms with E-state index in [4.69, 9.17) is 0 Å². The van der Waals surface area contributed by atoms with Gasteiger partial charge in [-0.3, -0.25) is 14.4 Å². The van der Waals surface area contributed by atoms with Gasteiger partial charge in [-0.05, 0) is 37.3 Å². The Bertz CT molecular complexity index is 974. The number of fused-ring (bicyclic) bond motifs is 1. The molecule has 7 nitrogen and oxygen atoms in total. The Balaban J connectivity index is 1.42. The zero-order chi connectivity index (χ0) is 21.3. The molecule has 3 amide bonds. The van der Waals surface area contributed by atoms with Crippen LogP contribution in [0.15, 0.2) is 53.0 Å². The Kier molecular flexibility index (Phi) is 5.76. The van der Waals surface area contributed by atoms with Crippen LogP contribution in [0.5, 0.6) is 0 Å². The summed E-state index contributed by atoms with van der Waals surface area (Å²) in [6.07, 6.45) is 0. The summed E-state index contributed by atoms with van der Waals surface area (Å²) in [7, 11) is 0. The highest BCUT2D eigenvalue weighted by atomic mass is 79.9. The third-order valence-electron chi connectivity index (χ3n) is 5.58. The van der Waals surface area contributed by atoms with E-state index in [2.05, 4.69) is 26.1 Å². The summed E-state index contributed by atoms with van der Waals surface area (Å²) in [4.78, 5) is 43.6. The van der Waals surface area contributed by atoms with Crippen molar-refractivity contribution in [2.75, 3.05) is 42.5 Å². The first-order chi connectivity index (χ1) is 14.5. The molecule has 0 saturated carbocycles. The van der Waals surface area contributed by atoms with Crippen LogP contribution in [0.3, 0.4) is 0 Å². The fourth-order valence-electron chi connectivity index (χ4n) is 4.02. The van der Waals surface area contributed by atoms with Crippen LogP contribution in [-0.4, -0.2) is 55.3 Å². The second-order valence-electron chi connectivity index (χ2n) is 7.31. The molecule has 2 aromatic carbocycles. The van der Waals surface area contributed by atoms with Crippen molar-refractivity contribution in [1.29, 1.82) is 0 Å². The number of nitrogens with one attached hydrogen (secondary N) is 1. The summed E-state index contributed by atoms with van der Waals surface area (Å²) >= 11 is 3.41. The minimum Gasteiger partial charge on any atom is -0.368 e. The van der Waals surface area contributed by atoms with Crippen molar-refractivity contribution in [2.24, 2.45) is 0 Å². The van der Waals surface area contributed by atoms with Gasteiger partial charge in [-0.15, -0.1) is 0 Å². The number of carbonyl (C=O) groups excluding carboxylic acids is 3. The maximum Gasteiger partial charge on any atom is 0.312 e. The summed E-state index contributed by atoms with van der Waals surface area (Å²) in [6, 6.07) is 14.7. The Hall–Kier alpha value is -2.87. The van der Waals surface area contributed by atoms with Crippen molar-refractivity contribution in [2.45, 2.75) is 13.0 Å². The number of likely N-dealkylation sites (N-methyl/N-ethyl adjacent to an activating group) is 1. The van der Waals surface area contributed by atoms with Gasteiger partial charge in [-0.1, -0.05) is 34.1 Å². The fourth-order valence-corrected chi connectivity index (χ4v) is 4.40. The largest absolute Gasteiger partial charge is 0.368 e. The molecule has 156 valence electrons. The molecule has 0 aliphatic carbocycles. The number of hydrogen-bond acceptors (Lipinski definition) is 4. The van der Waals surface area contributed by atoms with Gasteiger partial charge in [0, 0.05) is 54.1 Å². The molecule has 2 aliphatic rings. The van der Waals surface area contributed by atoms with Gasteiger partial charge in [-0.2, -0.15) is 0 Å². The van der Waals surface area contributed by atoms with Crippen molar-refractivity contribution in [3.63, 3.8) is 0 Å². The van der Waals surface area contributed by atoms with Crippen LogP contribution in [0.1, 0.15) is 18.5 Å². The molecule has 0 bridgehead atoms. The quantitative estimate of drug-likeness (QED) is 0.698. The zero-order valence-corrected chi connectivity index (χ0v) is 18.3. The lowest BCUT2D eigenvalue weighted by molar-refractivity contribution is -0.146. The molecule has 0 aromatic heterocycles. The summed E-state index contributed by atoms with van der Waals surface area (Å²) in [5.41, 5.74) is 2.57. The van der Waals surface area contributed by atoms with E-state index in [9.17, 15) is 14.4 Å². The van der Waals surface area contributed by atoms with E-state index in [1.165, 1.54) is 0 Å². The van der Waals surface area contributed by atoms with Gasteiger partial charge in [0.15, 0.2) is 0 Å². The lowest BCUT2D eigenvalue weighted by atomic mass is 10.1. The molecular weight excluding hydrogens is 448 g/mol. The second-order valence-corrected chi connectivity index (χ2v) is 8.22. The number of carbonyl (C=O) groups is 3. The Morgan fingerprint density at radius 1 is 1.07 bits per heavy atom. The molecule has 2 aromatic rings. The van der Waals surface area contributed by atoms with Crippen molar-refractivity contribution in [1.82, 2.24) is 10.2 Å². The number of anilines is 2. The summed E-state index contributed by atoms with van der Waals surface area (Å²) < 4.78 is 0.814. The third kappa shape index (κ3) is 3.79. The van der Waals surface area contributed by atoms with Crippen LogP contribution in [0.25, 0.3) is 0 Å². The fraction of sp³-hybridized carbons (Fsp3) is 0.318. The van der Waals surface area contributed by atoms with Crippen LogP contribution in [-0.2, 0) is 14.4 Å². The summed E-state index contributed by atoms with van der Waals surface area (Å²) in [6.45, 7) is 4.61. The number of rotatable bonds is 3. The molecule has 1 saturated heterocycles. The highest BCUT2D eigenvalue weighted by Gasteiger charge is 2.39. The SMILES string of the molecule is CCN1C(=O)C(NC(=O)C(=O)N2CCN(c3ccccc3)CC2)c2cc(Br)ccc21. The molecular formula is C22H23BrN4O3. The first-order valence-electron chi connectivity index (χ1n) is 10.00. The highest BCUT2D eigenvalue weighted by molar-refractivity contribution is 9.10. The lowest BCUT2D eigenvalue weighted by Crippen LogP contribution is -2.53. The molecule has 8 heteroatoms. The van der Waals surface area contributed by atoms with Crippen LogP contribution in [0, 0.1) is 0 Å². The second kappa shape index (κ2) is 8.47. The molecule has 0 spiro atoms. The maximum absolute atomic E-state index is 12.8. The van der Waals surface area contributed by atoms with Crippen molar-refractivity contribution in [3.05, 3.63) is 58.6 Å². The van der Waals surface area contributed by atoms with Crippen LogP contribution >= 0.6 is 15.9 Å². The van der Waals surface area contributed by atoms with Gasteiger partial charge >= 0.3 is 11.8 Å². The number of piperazine rings is 1. The molecule has 4 rings (SSSR count). The predicted molar refractivity (Wildman–Crippen MR) is 118 cm³/mol. The topological polar surface area (TPSA) is 73.0 Å². The van der Waals surface area contributed by atoms with Crippen molar-refractivity contribution >= 4 is 45.0 Å². The molecule has 1 unspecified atom stereocenters. The smallest absolute Gasteiger partial charge is 0.312 e. The van der Waals surface area contributed by atoms with E-state index in [1.807, 2.05) is 55.5 Å². The van der Waals surface area contributed by atoms with Crippen molar-refractivity contribution < 1.29 is 14.4 Å². The Labute approximate surface area is 183 Å². The molecule has 1 atom stereocenters. The van der Waals surface area contributed by atoms with E-state index in [-0.39, 0.29) is 5.91 Å². The molecule has 1 fully saturated rings. The van der Waals surface area contributed by atoms with Crippen LogP contribution in [0.2, 0.25) is 0 Å². The minimum atomic E-state index is -0.848. The number of nitrogens with zero attached hydrogens (tertiary/aromatic N) is 3. The number of benzene rings is 2. The van der Waals surface area contributed by atoms with Gasteiger partial charge in [0.05, 0.1) is 0 Å². The van der Waals surface area contributed by atoms with Gasteiger partial charge in [0.25, 0.3) is 5.91 Å². The highest BCUT2D eigenvalue weighted by Crippen LogP contribution is 2.37. The summed E-state index contributed by atoms with van der Waals surface area (Å²) in [5.74, 6) is -1.56. The maximum atomic E-state index is 12.8. The molecule has 1 N–H and O–H groups in total. The van der Waals surface area contributed by atoms with E-state index in [1.54, 1.807) is 9.80 Å². The normalized spacial score (nSPS) is 18.4. The first kappa shape index (κ1) is 20.4. The van der Waals surface area contributed by atoms with E-state index >= 15 is 0 Å². The number of hydrogen-bond donors (Lipinski definition) is 1. The van der Waals surface area contributed by atoms with Crippen LogP contribution in [0.4, 0.5) is 11.4 Å². The number of para-hydroxylation sites is 1. The summed E-state index contributed by atoms with van der Waals surface area (Å²) in [5, 5.41) is 2.66. The lowest BCUT2D eigenvalue weighted by Gasteiger charge is -2.35. The van der Waals surface area contributed by atoms with E-state index in [0.29, 0.717) is 38.3 Å². The van der Waals surface area contributed by atoms with Gasteiger partial charge in [0.2, 0.25) is 0 Å². The minimum absolute atomic E-state index is 0.222. The number of halogens is 1. The average molecular weight is 471 g/mol. The average Bonchev–Trinajstić information content (AvgIpc) is 3.04. The number of amides is 3. The van der Waals surface area contributed by atoms with E-state index in [0.717, 1.165) is 15.8 Å². The molecule has 2 aliphatic heterocycles. The zero-order valence-electron chi connectivity index (χ0n) is 16.7. The van der Waals surface area contributed by atoms with Crippen LogP contribution < -0.4 is 15.1 Å². The monoisotopic (exact) mass is 470 g/mol. The van der Waals surface area contributed by atoms with E-state index < -0.39 is 17.9 Å². The standard InChI is InChI=1S/C22H23BrN4O3/c1-2-27-18-9-8-15(23)14-17(18)19(21(27)29)24-20(28)22(30)26-12-10-25(11-13-26)16-6-4-3-5-7-16/h3-9,14,19H,2,10-13H2,1H3,(H,24,28). The Morgan fingerprint density at radius 3 is 2.43 bits per heavy atom. The molecule has 2 heterocycles. The van der Waals surface area contributed by atoms with Gasteiger partial charge in [0.1, 0.15) is 6.04 Å². The third-order valence-corrected chi connectivity index (χ3v) is 6.07. The molecule has 0 radical (unpaired) electrons. The first-order valence-corrected chi connectivity index (χ1v) is 10.8. The van der Waals surface area contributed by atoms with Gasteiger partial charge < -0.3 is 20.0 Å². The predicted octanol–water partition coefficient (Wildman–Crippen LogP) is 2.32. The van der Waals surface area contributed by atoms with Gasteiger partial charge in [-0.25, -0.2) is 0 Å². The molecule has 30 heavy (non-hydrogen) atoms.